The minimum atomic E-state index is -3.58. The van der Waals surface area contributed by atoms with Crippen LogP contribution in [0.2, 0.25) is 0 Å². The Morgan fingerprint density at radius 2 is 2.00 bits per heavy atom. The molecule has 2 heterocycles. The summed E-state index contributed by atoms with van der Waals surface area (Å²) in [6.07, 6.45) is 3.91. The summed E-state index contributed by atoms with van der Waals surface area (Å²) in [6.45, 7) is 2.59. The first-order valence-corrected chi connectivity index (χ1v) is 8.84. The number of nitrogens with zero attached hydrogens (tertiary/aromatic N) is 4. The van der Waals surface area contributed by atoms with Crippen LogP contribution in [0.25, 0.3) is 0 Å². The molecule has 6 nitrogen and oxygen atoms in total. The molecule has 3 rings (SSSR count). The summed E-state index contributed by atoms with van der Waals surface area (Å²) < 4.78 is 28.6. The third-order valence-electron chi connectivity index (χ3n) is 4.12. The molecule has 22 heavy (non-hydrogen) atoms. The van der Waals surface area contributed by atoms with Crippen molar-refractivity contribution in [1.82, 2.24) is 19.1 Å². The summed E-state index contributed by atoms with van der Waals surface area (Å²) in [4.78, 5) is 0. The second-order valence-corrected chi connectivity index (χ2v) is 7.61. The Kier molecular flexibility index (Phi) is 4.01. The average molecular weight is 320 g/mol. The molecule has 1 fully saturated rings. The van der Waals surface area contributed by atoms with Crippen molar-refractivity contribution in [2.24, 2.45) is 7.05 Å². The molecule has 0 spiro atoms. The minimum Gasteiger partial charge on any atom is -0.306 e. The number of aromatic nitrogens is 3. The fourth-order valence-electron chi connectivity index (χ4n) is 2.94. The maximum absolute atomic E-state index is 12.8. The van der Waals surface area contributed by atoms with Gasteiger partial charge in [0.15, 0.2) is 0 Å². The lowest BCUT2D eigenvalue weighted by Crippen LogP contribution is -2.38. The van der Waals surface area contributed by atoms with Gasteiger partial charge in [-0.1, -0.05) is 29.8 Å². The van der Waals surface area contributed by atoms with E-state index in [9.17, 15) is 8.42 Å². The van der Waals surface area contributed by atoms with E-state index in [1.807, 2.05) is 6.92 Å². The van der Waals surface area contributed by atoms with Gasteiger partial charge in [-0.25, -0.2) is 8.42 Å². The van der Waals surface area contributed by atoms with Gasteiger partial charge in [0.1, 0.15) is 6.33 Å². The molecule has 1 aromatic carbocycles. The highest BCUT2D eigenvalue weighted by molar-refractivity contribution is 7.89. The summed E-state index contributed by atoms with van der Waals surface area (Å²) in [5, 5.41) is 7.47. The summed E-state index contributed by atoms with van der Waals surface area (Å²) in [6, 6.07) is 8.25. The van der Waals surface area contributed by atoms with Crippen LogP contribution in [-0.4, -0.2) is 40.1 Å². The van der Waals surface area contributed by atoms with E-state index in [-0.39, 0.29) is 11.2 Å². The molecule has 0 radical (unpaired) electrons. The summed E-state index contributed by atoms with van der Waals surface area (Å²) in [7, 11) is -1.93. The molecule has 1 aliphatic heterocycles. The topological polar surface area (TPSA) is 68.1 Å². The molecule has 1 atom stereocenters. The van der Waals surface area contributed by atoms with Crippen LogP contribution in [0, 0.1) is 6.92 Å². The zero-order valence-corrected chi connectivity index (χ0v) is 13.6. The maximum atomic E-state index is 12.8. The van der Waals surface area contributed by atoms with Crippen LogP contribution in [-0.2, 0) is 23.5 Å². The van der Waals surface area contributed by atoms with Crippen LogP contribution in [0.3, 0.4) is 0 Å². The van der Waals surface area contributed by atoms with Crippen molar-refractivity contribution in [3.8, 4) is 0 Å². The van der Waals surface area contributed by atoms with E-state index in [0.29, 0.717) is 6.54 Å². The minimum absolute atomic E-state index is 0.00981. The van der Waals surface area contributed by atoms with Gasteiger partial charge in [0.2, 0.25) is 0 Å². The molecule has 1 unspecified atom stereocenters. The van der Waals surface area contributed by atoms with Gasteiger partial charge in [-0.2, -0.15) is 4.31 Å². The van der Waals surface area contributed by atoms with Crippen LogP contribution in [0.4, 0.5) is 0 Å². The highest BCUT2D eigenvalue weighted by Crippen LogP contribution is 2.27. The smallest absolute Gasteiger partial charge is 0.279 e. The summed E-state index contributed by atoms with van der Waals surface area (Å²) >= 11 is 0. The SMILES string of the molecule is Cc1ccc(CC2CCCN2S(=O)(=O)c2nncn2C)cc1. The molecule has 0 N–H and O–H groups in total. The molecule has 118 valence electrons. The first-order chi connectivity index (χ1) is 10.5. The molecule has 1 saturated heterocycles. The Labute approximate surface area is 130 Å². The average Bonchev–Trinajstić information content (AvgIpc) is 3.11. The number of hydrogen-bond acceptors (Lipinski definition) is 4. The van der Waals surface area contributed by atoms with Crippen molar-refractivity contribution in [2.45, 2.75) is 37.4 Å². The van der Waals surface area contributed by atoms with E-state index < -0.39 is 10.0 Å². The number of hydrogen-bond donors (Lipinski definition) is 0. The van der Waals surface area contributed by atoms with Crippen molar-refractivity contribution < 1.29 is 8.42 Å². The molecule has 0 saturated carbocycles. The van der Waals surface area contributed by atoms with Gasteiger partial charge >= 0.3 is 0 Å². The third kappa shape index (κ3) is 2.78. The Bertz CT molecular complexity index is 752. The Hall–Kier alpha value is -1.73. The molecule has 2 aromatic rings. The zero-order chi connectivity index (χ0) is 15.7. The first-order valence-electron chi connectivity index (χ1n) is 7.40. The summed E-state index contributed by atoms with van der Waals surface area (Å²) in [5.41, 5.74) is 2.37. The van der Waals surface area contributed by atoms with Gasteiger partial charge in [-0.15, -0.1) is 10.2 Å². The number of rotatable bonds is 4. The van der Waals surface area contributed by atoms with Gasteiger partial charge in [-0.05, 0) is 31.7 Å². The Morgan fingerprint density at radius 1 is 1.27 bits per heavy atom. The second kappa shape index (κ2) is 5.81. The van der Waals surface area contributed by atoms with E-state index >= 15 is 0 Å². The summed E-state index contributed by atoms with van der Waals surface area (Å²) in [5.74, 6) is 0. The standard InChI is InChI=1S/C15H20N4O2S/c1-12-5-7-13(8-6-12)10-14-4-3-9-19(14)22(20,21)15-17-16-11-18(15)2/h5-8,11,14H,3-4,9-10H2,1-2H3. The quantitative estimate of drug-likeness (QED) is 0.856. The zero-order valence-electron chi connectivity index (χ0n) is 12.8. The van der Waals surface area contributed by atoms with Crippen LogP contribution in [0.15, 0.2) is 35.7 Å². The van der Waals surface area contributed by atoms with Gasteiger partial charge in [0.25, 0.3) is 15.2 Å². The number of benzene rings is 1. The van der Waals surface area contributed by atoms with Crippen molar-refractivity contribution in [1.29, 1.82) is 0 Å². The molecular weight excluding hydrogens is 300 g/mol. The Morgan fingerprint density at radius 3 is 2.64 bits per heavy atom. The van der Waals surface area contributed by atoms with Gasteiger partial charge in [-0.3, -0.25) is 0 Å². The lowest BCUT2D eigenvalue weighted by molar-refractivity contribution is 0.380. The lowest BCUT2D eigenvalue weighted by Gasteiger charge is -2.23. The second-order valence-electron chi connectivity index (χ2n) is 5.83. The van der Waals surface area contributed by atoms with Crippen molar-refractivity contribution in [3.63, 3.8) is 0 Å². The predicted molar refractivity (Wildman–Crippen MR) is 82.8 cm³/mol. The Balaban J connectivity index is 1.84. The number of aryl methyl sites for hydroxylation is 2. The van der Waals surface area contributed by atoms with Crippen molar-refractivity contribution in [3.05, 3.63) is 41.7 Å². The van der Waals surface area contributed by atoms with Gasteiger partial charge in [0, 0.05) is 19.6 Å². The van der Waals surface area contributed by atoms with Gasteiger partial charge in [0.05, 0.1) is 0 Å². The predicted octanol–water partition coefficient (Wildman–Crippen LogP) is 1.52. The van der Waals surface area contributed by atoms with E-state index in [2.05, 4.69) is 34.5 Å². The molecule has 1 aromatic heterocycles. The monoisotopic (exact) mass is 320 g/mol. The van der Waals surface area contributed by atoms with E-state index in [1.165, 1.54) is 16.5 Å². The highest BCUT2D eigenvalue weighted by Gasteiger charge is 2.37. The fraction of sp³-hybridized carbons (Fsp3) is 0.467. The van der Waals surface area contributed by atoms with E-state index in [4.69, 9.17) is 0 Å². The fourth-order valence-corrected chi connectivity index (χ4v) is 4.65. The highest BCUT2D eigenvalue weighted by atomic mass is 32.2. The molecule has 7 heteroatoms. The third-order valence-corrected chi connectivity index (χ3v) is 6.05. The van der Waals surface area contributed by atoms with Gasteiger partial charge < -0.3 is 4.57 Å². The van der Waals surface area contributed by atoms with Crippen molar-refractivity contribution >= 4 is 10.0 Å². The van der Waals surface area contributed by atoms with E-state index in [1.54, 1.807) is 11.4 Å². The van der Waals surface area contributed by atoms with Crippen LogP contribution < -0.4 is 0 Å². The normalized spacial score (nSPS) is 19.6. The molecule has 0 amide bonds. The maximum Gasteiger partial charge on any atom is 0.279 e. The van der Waals surface area contributed by atoms with Crippen LogP contribution in [0.5, 0.6) is 0 Å². The largest absolute Gasteiger partial charge is 0.306 e. The molecule has 0 bridgehead atoms. The van der Waals surface area contributed by atoms with Crippen LogP contribution in [0.1, 0.15) is 24.0 Å². The molecule has 1 aliphatic rings. The molecule has 0 aliphatic carbocycles. The van der Waals surface area contributed by atoms with Crippen LogP contribution >= 0.6 is 0 Å². The molecular formula is C15H20N4O2S. The first kappa shape index (κ1) is 15.2. The van der Waals surface area contributed by atoms with E-state index in [0.717, 1.165) is 24.8 Å². The van der Waals surface area contributed by atoms with Crippen molar-refractivity contribution in [2.75, 3.05) is 6.54 Å². The number of sulfonamides is 1. The lowest BCUT2D eigenvalue weighted by atomic mass is 10.0.